The van der Waals surface area contributed by atoms with Crippen LogP contribution in [0.3, 0.4) is 0 Å². The van der Waals surface area contributed by atoms with Crippen molar-refractivity contribution >= 4 is 53.8 Å². The van der Waals surface area contributed by atoms with Crippen LogP contribution in [0.5, 0.6) is 0 Å². The van der Waals surface area contributed by atoms with E-state index in [9.17, 15) is 4.79 Å². The highest BCUT2D eigenvalue weighted by Crippen LogP contribution is 2.14. The van der Waals surface area contributed by atoms with Gasteiger partial charge in [-0.25, -0.2) is 0 Å². The minimum atomic E-state index is -0.221. The zero-order valence-electron chi connectivity index (χ0n) is 13.5. The second-order valence-corrected chi connectivity index (χ2v) is 4.87. The first-order valence-electron chi connectivity index (χ1n) is 6.86. The quantitative estimate of drug-likeness (QED) is 0.279. The van der Waals surface area contributed by atoms with Crippen molar-refractivity contribution in [3.63, 3.8) is 0 Å². The van der Waals surface area contributed by atoms with Gasteiger partial charge in [0.2, 0.25) is 5.96 Å². The highest BCUT2D eigenvalue weighted by atomic mass is 35.5. The first-order chi connectivity index (χ1) is 11.0. The molecule has 9 heteroatoms. The van der Waals surface area contributed by atoms with Crippen LogP contribution in [-0.2, 0) is 0 Å². The first-order valence-corrected chi connectivity index (χ1v) is 6.86. The summed E-state index contributed by atoms with van der Waals surface area (Å²) in [7, 11) is 0. The van der Waals surface area contributed by atoms with Gasteiger partial charge in [-0.3, -0.25) is 4.79 Å². The molecule has 0 spiro atoms. The van der Waals surface area contributed by atoms with E-state index in [1.165, 1.54) is 0 Å². The number of carbonyl (C=O) groups is 1. The van der Waals surface area contributed by atoms with E-state index < -0.39 is 0 Å². The number of benzene rings is 2. The van der Waals surface area contributed by atoms with Gasteiger partial charge in [-0.1, -0.05) is 12.1 Å². The van der Waals surface area contributed by atoms with Gasteiger partial charge >= 0.3 is 0 Å². The van der Waals surface area contributed by atoms with Crippen LogP contribution in [0.15, 0.2) is 58.7 Å². The summed E-state index contributed by atoms with van der Waals surface area (Å²) in [6.45, 7) is 1.77. The first kappa shape index (κ1) is 22.2. The predicted molar refractivity (Wildman–Crippen MR) is 108 cm³/mol. The van der Waals surface area contributed by atoms with Gasteiger partial charge in [0.1, 0.15) is 0 Å². The number of anilines is 2. The number of guanidine groups is 1. The minimum absolute atomic E-state index is 0. The molecule has 0 unspecified atom stereocenters. The van der Waals surface area contributed by atoms with Gasteiger partial charge in [0.05, 0.1) is 5.71 Å². The Bertz CT molecular complexity index is 770. The van der Waals surface area contributed by atoms with Crippen LogP contribution in [0.4, 0.5) is 11.4 Å². The van der Waals surface area contributed by atoms with Crippen molar-refractivity contribution in [2.75, 3.05) is 11.1 Å². The van der Waals surface area contributed by atoms with Crippen LogP contribution in [0, 0.1) is 0 Å². The summed E-state index contributed by atoms with van der Waals surface area (Å²) in [6, 6.07) is 13.9. The van der Waals surface area contributed by atoms with E-state index >= 15 is 0 Å². The normalized spacial score (nSPS) is 10.0. The Balaban J connectivity index is 0.00000288. The molecule has 2 aromatic carbocycles. The number of halogens is 2. The average molecular weight is 383 g/mol. The van der Waals surface area contributed by atoms with Crippen LogP contribution >= 0.6 is 24.8 Å². The molecule has 0 aliphatic carbocycles. The van der Waals surface area contributed by atoms with Gasteiger partial charge in [-0.05, 0) is 48.9 Å². The summed E-state index contributed by atoms with van der Waals surface area (Å²) in [4.78, 5) is 12.2. The van der Waals surface area contributed by atoms with E-state index in [0.717, 1.165) is 5.56 Å². The maximum absolute atomic E-state index is 12.2. The van der Waals surface area contributed by atoms with Crippen molar-refractivity contribution in [2.24, 2.45) is 21.7 Å². The van der Waals surface area contributed by atoms with Crippen LogP contribution in [0.25, 0.3) is 0 Å². The van der Waals surface area contributed by atoms with E-state index in [-0.39, 0.29) is 36.7 Å². The third-order valence-electron chi connectivity index (χ3n) is 3.03. The van der Waals surface area contributed by atoms with Crippen LogP contribution in [0.1, 0.15) is 22.8 Å². The fourth-order valence-electron chi connectivity index (χ4n) is 1.85. The third-order valence-corrected chi connectivity index (χ3v) is 3.03. The fraction of sp³-hybridized carbons (Fsp3) is 0.0625. The molecule has 0 bridgehead atoms. The molecule has 7 N–H and O–H groups in total. The van der Waals surface area contributed by atoms with E-state index in [1.807, 2.05) is 12.1 Å². The molecule has 0 fully saturated rings. The predicted octanol–water partition coefficient (Wildman–Crippen LogP) is 2.36. The number of carbonyl (C=O) groups excluding carboxylic acids is 1. The van der Waals surface area contributed by atoms with Crippen molar-refractivity contribution in [1.29, 1.82) is 0 Å². The molecule has 0 heterocycles. The number of amides is 1. The lowest BCUT2D eigenvalue weighted by Gasteiger charge is -2.07. The highest BCUT2D eigenvalue weighted by Gasteiger charge is 2.07. The van der Waals surface area contributed by atoms with Crippen molar-refractivity contribution in [3.8, 4) is 0 Å². The maximum atomic E-state index is 12.2. The smallest absolute Gasteiger partial charge is 0.255 e. The number of nitrogens with two attached hydrogens (primary N) is 3. The van der Waals surface area contributed by atoms with Gasteiger partial charge < -0.3 is 22.5 Å². The molecule has 25 heavy (non-hydrogen) atoms. The Hall–Kier alpha value is -2.77. The van der Waals surface area contributed by atoms with Crippen molar-refractivity contribution in [3.05, 3.63) is 59.7 Å². The largest absolute Gasteiger partial charge is 0.399 e. The Morgan fingerprint density at radius 1 is 0.960 bits per heavy atom. The average Bonchev–Trinajstić information content (AvgIpc) is 2.53. The number of hydrogen-bond donors (Lipinski definition) is 4. The highest BCUT2D eigenvalue weighted by molar-refractivity contribution is 6.05. The summed E-state index contributed by atoms with van der Waals surface area (Å²) in [6.07, 6.45) is 0. The summed E-state index contributed by atoms with van der Waals surface area (Å²) in [5, 5.41) is 10.3. The van der Waals surface area contributed by atoms with Crippen LogP contribution in [0.2, 0.25) is 0 Å². The molecule has 1 amide bonds. The van der Waals surface area contributed by atoms with Crippen molar-refractivity contribution < 1.29 is 4.79 Å². The zero-order chi connectivity index (χ0) is 16.8. The van der Waals surface area contributed by atoms with Gasteiger partial charge in [0, 0.05) is 16.9 Å². The van der Waals surface area contributed by atoms with E-state index in [1.54, 1.807) is 43.3 Å². The molecule has 134 valence electrons. The Labute approximate surface area is 158 Å². The topological polar surface area (TPSA) is 132 Å². The maximum Gasteiger partial charge on any atom is 0.255 e. The molecule has 2 aromatic rings. The summed E-state index contributed by atoms with van der Waals surface area (Å²) < 4.78 is 0. The number of hydrogen-bond acceptors (Lipinski definition) is 4. The molecule has 0 aliphatic rings. The summed E-state index contributed by atoms with van der Waals surface area (Å²) >= 11 is 0. The lowest BCUT2D eigenvalue weighted by Crippen LogP contribution is -2.22. The van der Waals surface area contributed by atoms with E-state index in [4.69, 9.17) is 17.2 Å². The fourth-order valence-corrected chi connectivity index (χ4v) is 1.85. The molecule has 0 aromatic heterocycles. The number of nitrogen functional groups attached to an aromatic ring is 1. The van der Waals surface area contributed by atoms with Gasteiger partial charge in [0.15, 0.2) is 0 Å². The van der Waals surface area contributed by atoms with Gasteiger partial charge in [-0.2, -0.15) is 5.10 Å². The van der Waals surface area contributed by atoms with E-state index in [2.05, 4.69) is 15.5 Å². The molecule has 0 saturated heterocycles. The summed E-state index contributed by atoms with van der Waals surface area (Å²) in [5.74, 6) is -0.335. The third kappa shape index (κ3) is 6.70. The number of nitrogens with zero attached hydrogens (tertiary/aromatic N) is 2. The lowest BCUT2D eigenvalue weighted by molar-refractivity contribution is 0.102. The van der Waals surface area contributed by atoms with Crippen LogP contribution in [-0.4, -0.2) is 17.6 Å². The lowest BCUT2D eigenvalue weighted by atomic mass is 10.1. The summed E-state index contributed by atoms with van der Waals surface area (Å²) in [5.41, 5.74) is 19.3. The Kier molecular flexibility index (Phi) is 9.04. The van der Waals surface area contributed by atoms with E-state index in [0.29, 0.717) is 22.6 Å². The Morgan fingerprint density at radius 2 is 1.60 bits per heavy atom. The number of rotatable bonds is 4. The molecule has 7 nitrogen and oxygen atoms in total. The Morgan fingerprint density at radius 3 is 2.20 bits per heavy atom. The SMILES string of the molecule is CC(=NN=C(N)N)c1cccc(NC(=O)c2ccc(N)cc2)c1.Cl.Cl. The van der Waals surface area contributed by atoms with Crippen LogP contribution < -0.4 is 22.5 Å². The second kappa shape index (κ2) is 10.2. The molecule has 2 rings (SSSR count). The van der Waals surface area contributed by atoms with Crippen molar-refractivity contribution in [1.82, 2.24) is 0 Å². The molecular formula is C16H20Cl2N6O. The number of nitrogens with one attached hydrogen (secondary N) is 1. The molecular weight excluding hydrogens is 363 g/mol. The second-order valence-electron chi connectivity index (χ2n) is 4.87. The standard InChI is InChI=1S/C16H18N6O.2ClH/c1-10(21-22-16(18)19)12-3-2-4-14(9-12)20-15(23)11-5-7-13(17)8-6-11;;/h2-9H,17H2,1H3,(H,20,23)(H4,18,19,22);2*1H. The van der Waals surface area contributed by atoms with Gasteiger partial charge in [0.25, 0.3) is 5.91 Å². The molecule has 0 saturated carbocycles. The molecule has 0 atom stereocenters. The zero-order valence-corrected chi connectivity index (χ0v) is 15.1. The monoisotopic (exact) mass is 382 g/mol. The van der Waals surface area contributed by atoms with Gasteiger partial charge in [-0.15, -0.1) is 29.9 Å². The van der Waals surface area contributed by atoms with Crippen molar-refractivity contribution in [2.45, 2.75) is 6.92 Å². The molecule has 0 aliphatic heterocycles. The molecule has 0 radical (unpaired) electrons. The minimum Gasteiger partial charge on any atom is -0.399 e.